The Labute approximate surface area is 106 Å². The third-order valence-corrected chi connectivity index (χ3v) is 2.03. The minimum Gasteiger partial charge on any atom is -0.493 e. The molecule has 18 heavy (non-hydrogen) atoms. The van der Waals surface area contributed by atoms with Gasteiger partial charge >= 0.3 is 0 Å². The molecule has 0 aliphatic carbocycles. The molecule has 0 saturated carbocycles. The number of aliphatic imine (C=N–C) groups is 1. The summed E-state index contributed by atoms with van der Waals surface area (Å²) >= 11 is 0. The molecule has 1 amide bonds. The van der Waals surface area contributed by atoms with E-state index in [0.717, 1.165) is 17.7 Å². The molecular weight excluding hydrogens is 230 g/mol. The minimum atomic E-state index is -0.500. The monoisotopic (exact) mass is 247 g/mol. The molecule has 0 heterocycles. The second-order valence-electron chi connectivity index (χ2n) is 3.59. The first-order valence-corrected chi connectivity index (χ1v) is 5.67. The van der Waals surface area contributed by atoms with Crippen molar-refractivity contribution in [2.24, 2.45) is 16.5 Å². The summed E-state index contributed by atoms with van der Waals surface area (Å²) < 4.78 is 5.55. The van der Waals surface area contributed by atoms with E-state index in [1.807, 2.05) is 31.2 Å². The van der Waals surface area contributed by atoms with Crippen LogP contribution in [0.2, 0.25) is 0 Å². The fraction of sp³-hybridized carbons (Fsp3) is 0.231. The van der Waals surface area contributed by atoms with Gasteiger partial charge in [0.05, 0.1) is 6.61 Å². The Morgan fingerprint density at radius 3 is 2.78 bits per heavy atom. The molecule has 0 aliphatic heterocycles. The van der Waals surface area contributed by atoms with E-state index < -0.39 is 5.91 Å². The van der Waals surface area contributed by atoms with Crippen molar-refractivity contribution in [3.63, 3.8) is 0 Å². The van der Waals surface area contributed by atoms with Gasteiger partial charge < -0.3 is 16.2 Å². The van der Waals surface area contributed by atoms with Crippen LogP contribution >= 0.6 is 0 Å². The van der Waals surface area contributed by atoms with Gasteiger partial charge in [0.25, 0.3) is 5.91 Å². The first-order chi connectivity index (χ1) is 8.63. The predicted molar refractivity (Wildman–Crippen MR) is 72.1 cm³/mol. The molecule has 4 N–H and O–H groups in total. The Kier molecular flexibility index (Phi) is 5.44. The molecule has 0 aliphatic rings. The van der Waals surface area contributed by atoms with Crippen LogP contribution in [-0.2, 0) is 4.79 Å². The number of carbonyl (C=O) groups is 1. The maximum Gasteiger partial charge on any atom is 0.272 e. The molecule has 5 heteroatoms. The highest BCUT2D eigenvalue weighted by Gasteiger charge is 2.00. The normalized spacial score (nSPS) is 10.3. The lowest BCUT2D eigenvalue weighted by molar-refractivity contribution is -0.113. The average Bonchev–Trinajstić information content (AvgIpc) is 2.34. The Morgan fingerprint density at radius 2 is 2.11 bits per heavy atom. The summed E-state index contributed by atoms with van der Waals surface area (Å²) in [5.41, 5.74) is 11.0. The smallest absolute Gasteiger partial charge is 0.272 e. The summed E-state index contributed by atoms with van der Waals surface area (Å²) in [6.45, 7) is 2.66. The van der Waals surface area contributed by atoms with Crippen molar-refractivity contribution >= 4 is 17.9 Å². The molecule has 1 aromatic carbocycles. The molecule has 0 fully saturated rings. The second-order valence-corrected chi connectivity index (χ2v) is 3.59. The van der Waals surface area contributed by atoms with E-state index in [0.29, 0.717) is 6.61 Å². The molecule has 0 spiro atoms. The van der Waals surface area contributed by atoms with Crippen molar-refractivity contribution in [3.05, 3.63) is 35.9 Å². The zero-order chi connectivity index (χ0) is 13.4. The summed E-state index contributed by atoms with van der Waals surface area (Å²) in [6, 6.07) is 7.44. The number of ether oxygens (including phenoxy) is 1. The van der Waals surface area contributed by atoms with Crippen LogP contribution in [0.3, 0.4) is 0 Å². The lowest BCUT2D eigenvalue weighted by Gasteiger charge is -2.07. The third kappa shape index (κ3) is 4.69. The molecule has 0 unspecified atom stereocenters. The Balaban J connectivity index is 2.80. The summed E-state index contributed by atoms with van der Waals surface area (Å²) in [6.07, 6.45) is 3.85. The van der Waals surface area contributed by atoms with E-state index in [1.165, 1.54) is 6.08 Å². The number of hydrogen-bond donors (Lipinski definition) is 2. The van der Waals surface area contributed by atoms with Crippen molar-refractivity contribution in [1.29, 1.82) is 0 Å². The largest absolute Gasteiger partial charge is 0.493 e. The van der Waals surface area contributed by atoms with E-state index in [-0.39, 0.29) is 5.96 Å². The average molecular weight is 247 g/mol. The fourth-order valence-corrected chi connectivity index (χ4v) is 1.29. The van der Waals surface area contributed by atoms with E-state index in [2.05, 4.69) is 4.99 Å². The van der Waals surface area contributed by atoms with Crippen molar-refractivity contribution in [2.75, 3.05) is 6.61 Å². The van der Waals surface area contributed by atoms with Gasteiger partial charge in [-0.2, -0.15) is 4.99 Å². The van der Waals surface area contributed by atoms with E-state index in [9.17, 15) is 4.79 Å². The van der Waals surface area contributed by atoms with Gasteiger partial charge in [0, 0.05) is 11.6 Å². The summed E-state index contributed by atoms with van der Waals surface area (Å²) in [5, 5.41) is 0. The lowest BCUT2D eigenvalue weighted by Crippen LogP contribution is -2.23. The van der Waals surface area contributed by atoms with Crippen LogP contribution in [0, 0.1) is 0 Å². The predicted octanol–water partition coefficient (Wildman–Crippen LogP) is 1.29. The van der Waals surface area contributed by atoms with Crippen molar-refractivity contribution in [1.82, 2.24) is 0 Å². The molecule has 0 radical (unpaired) electrons. The number of amides is 1. The maximum absolute atomic E-state index is 11.3. The van der Waals surface area contributed by atoms with Crippen LogP contribution in [0.25, 0.3) is 6.08 Å². The van der Waals surface area contributed by atoms with Crippen LogP contribution in [0.15, 0.2) is 35.3 Å². The molecule has 96 valence electrons. The first kappa shape index (κ1) is 13.8. The quantitative estimate of drug-likeness (QED) is 0.466. The zero-order valence-corrected chi connectivity index (χ0v) is 10.3. The van der Waals surface area contributed by atoms with Gasteiger partial charge in [-0.25, -0.2) is 0 Å². The van der Waals surface area contributed by atoms with E-state index in [1.54, 1.807) is 6.08 Å². The van der Waals surface area contributed by atoms with Crippen molar-refractivity contribution in [3.8, 4) is 5.75 Å². The minimum absolute atomic E-state index is 0.250. The number of carbonyl (C=O) groups excluding carboxylic acids is 1. The van der Waals surface area contributed by atoms with E-state index >= 15 is 0 Å². The molecule has 5 nitrogen and oxygen atoms in total. The number of guanidine groups is 1. The number of hydrogen-bond acceptors (Lipinski definition) is 2. The van der Waals surface area contributed by atoms with Crippen molar-refractivity contribution < 1.29 is 9.53 Å². The van der Waals surface area contributed by atoms with Crippen LogP contribution in [0.1, 0.15) is 18.9 Å². The number of nitrogens with zero attached hydrogens (tertiary/aromatic N) is 1. The SMILES string of the molecule is CCCOc1ccccc1/C=C/C(=O)N=C(N)N. The summed E-state index contributed by atoms with van der Waals surface area (Å²) in [5.74, 6) is -0.0198. The number of benzene rings is 1. The highest BCUT2D eigenvalue weighted by molar-refractivity contribution is 6.00. The molecule has 0 saturated heterocycles. The zero-order valence-electron chi connectivity index (χ0n) is 10.3. The summed E-state index contributed by atoms with van der Waals surface area (Å²) in [4.78, 5) is 14.7. The number of para-hydroxylation sites is 1. The highest BCUT2D eigenvalue weighted by atomic mass is 16.5. The number of rotatable bonds is 5. The topological polar surface area (TPSA) is 90.7 Å². The van der Waals surface area contributed by atoms with Crippen LogP contribution in [-0.4, -0.2) is 18.5 Å². The van der Waals surface area contributed by atoms with Gasteiger partial charge in [0.2, 0.25) is 0 Å². The van der Waals surface area contributed by atoms with Gasteiger partial charge in [0.15, 0.2) is 5.96 Å². The lowest BCUT2D eigenvalue weighted by atomic mass is 10.2. The Bertz CT molecular complexity index is 463. The molecule has 0 aromatic heterocycles. The van der Waals surface area contributed by atoms with Gasteiger partial charge in [-0.1, -0.05) is 25.1 Å². The Hall–Kier alpha value is -2.30. The van der Waals surface area contributed by atoms with Gasteiger partial charge in [0.1, 0.15) is 5.75 Å². The molecule has 0 atom stereocenters. The van der Waals surface area contributed by atoms with Crippen LogP contribution in [0.4, 0.5) is 0 Å². The Morgan fingerprint density at radius 1 is 1.39 bits per heavy atom. The van der Waals surface area contributed by atoms with E-state index in [4.69, 9.17) is 16.2 Å². The maximum atomic E-state index is 11.3. The van der Waals surface area contributed by atoms with Crippen LogP contribution < -0.4 is 16.2 Å². The molecule has 1 aromatic rings. The number of nitrogens with two attached hydrogens (primary N) is 2. The molecule has 0 bridgehead atoms. The summed E-state index contributed by atoms with van der Waals surface area (Å²) in [7, 11) is 0. The van der Waals surface area contributed by atoms with Crippen molar-refractivity contribution in [2.45, 2.75) is 13.3 Å². The third-order valence-electron chi connectivity index (χ3n) is 2.03. The molecule has 1 rings (SSSR count). The second kappa shape index (κ2) is 7.11. The van der Waals surface area contributed by atoms with Gasteiger partial charge in [-0.05, 0) is 18.6 Å². The highest BCUT2D eigenvalue weighted by Crippen LogP contribution is 2.19. The van der Waals surface area contributed by atoms with Crippen LogP contribution in [0.5, 0.6) is 5.75 Å². The molecular formula is C13H17N3O2. The fourth-order valence-electron chi connectivity index (χ4n) is 1.29. The first-order valence-electron chi connectivity index (χ1n) is 5.67. The van der Waals surface area contributed by atoms with Gasteiger partial charge in [-0.3, -0.25) is 4.79 Å². The van der Waals surface area contributed by atoms with Gasteiger partial charge in [-0.15, -0.1) is 0 Å². The standard InChI is InChI=1S/C13H17N3O2/c1-2-9-18-11-6-4-3-5-10(11)7-8-12(17)16-13(14)15/h3-8H,2,9H2,1H3,(H4,14,15,16,17)/b8-7+.